The number of dihydropyridines is 2. The number of hydrogen-bond acceptors (Lipinski definition) is 13. The summed E-state index contributed by atoms with van der Waals surface area (Å²) in [5, 5.41) is 9.09. The molecule has 4 aliphatic heterocycles. The van der Waals surface area contributed by atoms with Crippen LogP contribution in [0.1, 0.15) is 196 Å². The number of allylic oxidation sites excluding steroid dienone is 12. The molecule has 3 amide bonds. The predicted molar refractivity (Wildman–Crippen MR) is 338 cm³/mol. The molecule has 0 spiro atoms. The number of Topliss-reactive ketones (excluding diaryl/α,β-unsaturated/α-hetero) is 5. The number of hydrogen-bond donors (Lipinski definition) is 4. The van der Waals surface area contributed by atoms with Gasteiger partial charge in [0.05, 0.1) is 12.7 Å². The molecule has 4 N–H and O–H groups in total. The average molecular weight is 1160 g/mol. The summed E-state index contributed by atoms with van der Waals surface area (Å²) in [5.74, 6) is -0.137. The SMILES string of the molecule is C=C1C=CNC=C1C(C)(C)C.CC(C)(C)C1=CC2=C(CCCC2=O)CC1=O.CC(C)(C)C1=CC=CCC1=O.CC(C)(C)C1=CC=NCC1=O.CC(C)(C)C1=CCC(=O)NC1=O.CC(C)(C)C1=NNC(=O)CC1=O.CC(C)(C)c1cnc[nH]c1=O. The summed E-state index contributed by atoms with van der Waals surface area (Å²) in [5.41, 5.74) is 10.4. The molecule has 0 fully saturated rings. The molecule has 1 aromatic heterocycles. The summed E-state index contributed by atoms with van der Waals surface area (Å²) in [6.07, 6.45) is 25.5. The third-order valence-corrected chi connectivity index (χ3v) is 13.5. The third kappa shape index (κ3) is 23.7. The maximum absolute atomic E-state index is 12.0. The third-order valence-electron chi connectivity index (χ3n) is 13.5. The Kier molecular flexibility index (Phi) is 25.9. The summed E-state index contributed by atoms with van der Waals surface area (Å²) >= 11 is 0. The number of imide groups is 1. The molecule has 5 heterocycles. The molecule has 0 atom stereocenters. The molecule has 0 aromatic carbocycles. The van der Waals surface area contributed by atoms with Gasteiger partial charge < -0.3 is 10.3 Å². The zero-order valence-electron chi connectivity index (χ0n) is 54.3. The Morgan fingerprint density at radius 2 is 1.12 bits per heavy atom. The summed E-state index contributed by atoms with van der Waals surface area (Å²) in [6.45, 7) is 46.7. The molecule has 0 saturated heterocycles. The number of carbonyl (C=O) groups is 8. The maximum atomic E-state index is 12.0. The minimum Gasteiger partial charge on any atom is -0.367 e. The van der Waals surface area contributed by atoms with E-state index in [0.717, 1.165) is 51.8 Å². The quantitative estimate of drug-likeness (QED) is 0.141. The van der Waals surface area contributed by atoms with Crippen LogP contribution in [0.25, 0.3) is 0 Å². The number of amides is 3. The highest BCUT2D eigenvalue weighted by Gasteiger charge is 2.33. The van der Waals surface area contributed by atoms with E-state index in [1.807, 2.05) is 153 Å². The monoisotopic (exact) mass is 1160 g/mol. The Bertz CT molecular complexity index is 2960. The smallest absolute Gasteiger partial charge is 0.254 e. The van der Waals surface area contributed by atoms with Crippen LogP contribution in [0.4, 0.5) is 0 Å². The first kappa shape index (κ1) is 72.7. The minimum absolute atomic E-state index is 0.00183. The van der Waals surface area contributed by atoms with Gasteiger partial charge in [0.2, 0.25) is 11.8 Å². The lowest BCUT2D eigenvalue weighted by Crippen LogP contribution is -2.39. The highest BCUT2D eigenvalue weighted by molar-refractivity contribution is 6.45. The Balaban J connectivity index is 0.000000336. The number of hydrazone groups is 1. The molecular formula is C68H97N7O9. The van der Waals surface area contributed by atoms with Crippen molar-refractivity contribution in [2.24, 2.45) is 42.6 Å². The zero-order chi connectivity index (χ0) is 64.6. The van der Waals surface area contributed by atoms with E-state index < -0.39 is 0 Å². The van der Waals surface area contributed by atoms with Gasteiger partial charge in [-0.3, -0.25) is 53.5 Å². The van der Waals surface area contributed by atoms with E-state index in [-0.39, 0.29) is 96.5 Å². The highest BCUT2D eigenvalue weighted by Crippen LogP contribution is 2.38. The van der Waals surface area contributed by atoms with Crippen molar-refractivity contribution in [3.63, 3.8) is 0 Å². The summed E-state index contributed by atoms with van der Waals surface area (Å²) in [4.78, 5) is 112. The van der Waals surface area contributed by atoms with Crippen LogP contribution in [-0.4, -0.2) is 75.1 Å². The van der Waals surface area contributed by atoms with Crippen molar-refractivity contribution in [2.45, 2.75) is 196 Å². The van der Waals surface area contributed by atoms with Crippen molar-refractivity contribution in [2.75, 3.05) is 6.54 Å². The number of carbonyl (C=O) groups excluding carboxylic acids is 8. The Morgan fingerprint density at radius 1 is 0.548 bits per heavy atom. The van der Waals surface area contributed by atoms with E-state index in [1.165, 1.54) is 11.9 Å². The van der Waals surface area contributed by atoms with Crippen LogP contribution in [0.5, 0.6) is 0 Å². The van der Waals surface area contributed by atoms with E-state index in [4.69, 9.17) is 0 Å². The topological polar surface area (TPSA) is 243 Å². The second kappa shape index (κ2) is 29.9. The fraction of sp³-hybridized carbons (Fsp3) is 0.529. The van der Waals surface area contributed by atoms with Gasteiger partial charge in [-0.05, 0) is 74.7 Å². The van der Waals surface area contributed by atoms with Crippen molar-refractivity contribution in [3.05, 3.63) is 135 Å². The largest absolute Gasteiger partial charge is 0.367 e. The second-order valence-corrected chi connectivity index (χ2v) is 28.5. The van der Waals surface area contributed by atoms with E-state index in [1.54, 1.807) is 18.5 Å². The first-order valence-electron chi connectivity index (χ1n) is 28.7. The van der Waals surface area contributed by atoms with Crippen LogP contribution in [-0.2, 0) is 43.8 Å². The number of aromatic nitrogens is 2. The number of ketones is 5. The van der Waals surface area contributed by atoms with E-state index in [0.29, 0.717) is 43.5 Å². The van der Waals surface area contributed by atoms with Crippen LogP contribution in [0, 0.1) is 32.5 Å². The lowest BCUT2D eigenvalue weighted by atomic mass is 9.74. The van der Waals surface area contributed by atoms with Gasteiger partial charge in [-0.15, -0.1) is 0 Å². The van der Waals surface area contributed by atoms with Gasteiger partial charge in [-0.2, -0.15) is 5.10 Å². The Hall–Kier alpha value is -7.36. The lowest BCUT2D eigenvalue weighted by Gasteiger charge is -2.28. The molecule has 16 nitrogen and oxygen atoms in total. The van der Waals surface area contributed by atoms with E-state index in [2.05, 4.69) is 84.2 Å². The van der Waals surface area contributed by atoms with Crippen molar-refractivity contribution in [3.8, 4) is 0 Å². The molecule has 84 heavy (non-hydrogen) atoms. The zero-order valence-corrected chi connectivity index (χ0v) is 54.3. The van der Waals surface area contributed by atoms with Crippen molar-refractivity contribution >= 4 is 58.6 Å². The van der Waals surface area contributed by atoms with Crippen molar-refractivity contribution in [1.82, 2.24) is 26.0 Å². The molecule has 458 valence electrons. The van der Waals surface area contributed by atoms with Crippen LogP contribution in [0.2, 0.25) is 0 Å². The minimum atomic E-state index is -0.326. The number of aliphatic imine (C=N–C) groups is 1. The van der Waals surface area contributed by atoms with Crippen LogP contribution in [0.15, 0.2) is 134 Å². The lowest BCUT2D eigenvalue weighted by molar-refractivity contribution is -0.130. The fourth-order valence-electron chi connectivity index (χ4n) is 9.02. The second-order valence-electron chi connectivity index (χ2n) is 28.5. The normalized spacial score (nSPS) is 18.2. The highest BCUT2D eigenvalue weighted by atomic mass is 16.2. The number of aromatic amines is 1. The molecular weight excluding hydrogens is 1060 g/mol. The van der Waals surface area contributed by atoms with Crippen molar-refractivity contribution < 1.29 is 38.4 Å². The standard InChI is InChI=1S/C14H18O2.C10H15N.C10H14O.C9H13NO2.C9H13NO.C8H12N2O2.C8H12N2O/c1-14(2,3)11-8-10-9(7-13(11)16)5-4-6-12(10)15;1-8-5-6-11-7-9(8)10(2,3)4;1-10(2,3)8-6-4-5-7-9(8)11;1-9(2,3)6-4-5-7(11)10-8(6)12;1-9(2,3)7-4-5-10-6-8(7)11;1-8(2,3)7-5(11)4-6(12)9-10-7;1-8(2,3)6-4-9-5-10-7(6)11/h8H,4-7H2,1-3H3;5-7,11H,1H2,2-4H3;4-6H,7H2,1-3H3;4H,5H2,1-3H3,(H,10,11,12);4-5H,6H2,1-3H3;4H2,1-3H3,(H,9,12);4-5H,1-3H3,(H,9,10,11). The summed E-state index contributed by atoms with van der Waals surface area (Å²) in [7, 11) is 0. The molecule has 8 rings (SSSR count). The van der Waals surface area contributed by atoms with Crippen LogP contribution in [0.3, 0.4) is 0 Å². The van der Waals surface area contributed by atoms with Gasteiger partial charge in [-0.1, -0.05) is 182 Å². The van der Waals surface area contributed by atoms with Gasteiger partial charge in [0.1, 0.15) is 12.3 Å². The molecule has 16 heteroatoms. The van der Waals surface area contributed by atoms with E-state index >= 15 is 0 Å². The Morgan fingerprint density at radius 3 is 1.55 bits per heavy atom. The molecule has 0 saturated carbocycles. The van der Waals surface area contributed by atoms with Crippen LogP contribution < -0.4 is 21.6 Å². The number of nitrogens with one attached hydrogen (secondary N) is 4. The predicted octanol–water partition coefficient (Wildman–Crippen LogP) is 12.2. The number of H-pyrrole nitrogens is 1. The Labute approximate surface area is 500 Å². The van der Waals surface area contributed by atoms with Gasteiger partial charge in [0.25, 0.3) is 11.5 Å². The first-order chi connectivity index (χ1) is 38.3. The molecule has 0 radical (unpaired) electrons. The van der Waals surface area contributed by atoms with Crippen LogP contribution >= 0.6 is 0 Å². The molecule has 7 aliphatic rings. The van der Waals surface area contributed by atoms with Gasteiger partial charge in [0, 0.05) is 89.3 Å². The summed E-state index contributed by atoms with van der Waals surface area (Å²) in [6, 6.07) is 0. The number of rotatable bonds is 0. The molecule has 3 aliphatic carbocycles. The van der Waals surface area contributed by atoms with Gasteiger partial charge in [-0.25, -0.2) is 10.4 Å². The molecule has 0 unspecified atom stereocenters. The first-order valence-corrected chi connectivity index (χ1v) is 28.7. The molecule has 0 bridgehead atoms. The fourth-order valence-corrected chi connectivity index (χ4v) is 9.02. The van der Waals surface area contributed by atoms with E-state index in [9.17, 15) is 43.2 Å². The average Bonchev–Trinajstić information content (AvgIpc) is 3.37. The number of nitrogens with zero attached hydrogens (tertiary/aromatic N) is 3. The molecule has 1 aromatic rings. The summed E-state index contributed by atoms with van der Waals surface area (Å²) < 4.78 is 0. The van der Waals surface area contributed by atoms with Crippen molar-refractivity contribution in [1.29, 1.82) is 0 Å². The van der Waals surface area contributed by atoms with Gasteiger partial charge in [0.15, 0.2) is 28.9 Å². The van der Waals surface area contributed by atoms with Gasteiger partial charge >= 0.3 is 0 Å². The maximum Gasteiger partial charge on any atom is 0.254 e.